The van der Waals surface area contributed by atoms with Gasteiger partial charge in [-0.1, -0.05) is 32.0 Å². The predicted octanol–water partition coefficient (Wildman–Crippen LogP) is 2.53. The van der Waals surface area contributed by atoms with E-state index in [-0.39, 0.29) is 0 Å². The van der Waals surface area contributed by atoms with Crippen molar-refractivity contribution in [3.8, 4) is 5.75 Å². The van der Waals surface area contributed by atoms with Crippen molar-refractivity contribution in [1.29, 1.82) is 0 Å². The van der Waals surface area contributed by atoms with E-state index < -0.39 is 0 Å². The van der Waals surface area contributed by atoms with Crippen LogP contribution in [0, 0.1) is 5.92 Å². The van der Waals surface area contributed by atoms with Crippen molar-refractivity contribution in [1.82, 2.24) is 5.32 Å². The SMILES string of the molecule is CC(C)[C@H](C)NCc1ccccc1O. The van der Waals surface area contributed by atoms with Crippen molar-refractivity contribution in [3.05, 3.63) is 29.8 Å². The van der Waals surface area contributed by atoms with Gasteiger partial charge in [-0.2, -0.15) is 0 Å². The molecule has 78 valence electrons. The average Bonchev–Trinajstić information content (AvgIpc) is 2.16. The summed E-state index contributed by atoms with van der Waals surface area (Å²) < 4.78 is 0. The largest absolute Gasteiger partial charge is 0.508 e. The van der Waals surface area contributed by atoms with Crippen LogP contribution < -0.4 is 5.32 Å². The summed E-state index contributed by atoms with van der Waals surface area (Å²) in [5, 5.41) is 12.9. The number of benzene rings is 1. The fraction of sp³-hybridized carbons (Fsp3) is 0.500. The Bertz CT molecular complexity index is 283. The molecule has 2 nitrogen and oxygen atoms in total. The third kappa shape index (κ3) is 3.04. The van der Waals surface area contributed by atoms with Crippen LogP contribution >= 0.6 is 0 Å². The Balaban J connectivity index is 2.50. The minimum Gasteiger partial charge on any atom is -0.508 e. The summed E-state index contributed by atoms with van der Waals surface area (Å²) in [4.78, 5) is 0. The molecule has 1 aromatic rings. The summed E-state index contributed by atoms with van der Waals surface area (Å²) in [5.41, 5.74) is 0.958. The number of nitrogens with one attached hydrogen (secondary N) is 1. The Morgan fingerprint density at radius 1 is 1.21 bits per heavy atom. The average molecular weight is 193 g/mol. The predicted molar refractivity (Wildman–Crippen MR) is 59.2 cm³/mol. The second-order valence-corrected chi connectivity index (χ2v) is 4.04. The number of phenols is 1. The van der Waals surface area contributed by atoms with E-state index in [1.807, 2.05) is 18.2 Å². The monoisotopic (exact) mass is 193 g/mol. The van der Waals surface area contributed by atoms with Crippen LogP contribution in [0.1, 0.15) is 26.3 Å². The van der Waals surface area contributed by atoms with Gasteiger partial charge in [0.25, 0.3) is 0 Å². The summed E-state index contributed by atoms with van der Waals surface area (Å²) in [7, 11) is 0. The molecule has 2 heteroatoms. The molecular formula is C12H19NO. The van der Waals surface area contributed by atoms with Gasteiger partial charge in [-0.3, -0.25) is 0 Å². The Hall–Kier alpha value is -1.02. The van der Waals surface area contributed by atoms with Crippen LogP contribution in [-0.2, 0) is 6.54 Å². The Morgan fingerprint density at radius 3 is 2.43 bits per heavy atom. The highest BCUT2D eigenvalue weighted by Gasteiger charge is 2.06. The molecular weight excluding hydrogens is 174 g/mol. The lowest BCUT2D eigenvalue weighted by molar-refractivity contribution is 0.415. The molecule has 0 radical (unpaired) electrons. The number of para-hydroxylation sites is 1. The molecule has 2 N–H and O–H groups in total. The van der Waals surface area contributed by atoms with Gasteiger partial charge in [-0.05, 0) is 18.9 Å². The van der Waals surface area contributed by atoms with E-state index in [1.54, 1.807) is 6.07 Å². The highest BCUT2D eigenvalue weighted by atomic mass is 16.3. The van der Waals surface area contributed by atoms with Gasteiger partial charge in [0.1, 0.15) is 5.75 Å². The maximum atomic E-state index is 9.52. The van der Waals surface area contributed by atoms with Crippen LogP contribution in [0.4, 0.5) is 0 Å². The quantitative estimate of drug-likeness (QED) is 0.770. The number of phenolic OH excluding ortho intramolecular Hbond substituents is 1. The second-order valence-electron chi connectivity index (χ2n) is 4.04. The van der Waals surface area contributed by atoms with Crippen molar-refractivity contribution < 1.29 is 5.11 Å². The molecule has 0 fully saturated rings. The maximum Gasteiger partial charge on any atom is 0.120 e. The van der Waals surface area contributed by atoms with E-state index in [1.165, 1.54) is 0 Å². The zero-order chi connectivity index (χ0) is 10.6. The molecule has 0 aliphatic heterocycles. The minimum atomic E-state index is 0.371. The van der Waals surface area contributed by atoms with Crippen LogP contribution in [0.25, 0.3) is 0 Å². The smallest absolute Gasteiger partial charge is 0.120 e. The lowest BCUT2D eigenvalue weighted by Gasteiger charge is -2.17. The second kappa shape index (κ2) is 5.01. The third-order valence-corrected chi connectivity index (χ3v) is 2.61. The molecule has 0 saturated heterocycles. The molecule has 0 spiro atoms. The normalized spacial score (nSPS) is 13.1. The first kappa shape index (κ1) is 11.1. The molecule has 0 aliphatic rings. The van der Waals surface area contributed by atoms with E-state index in [9.17, 15) is 5.11 Å². The number of hydrogen-bond donors (Lipinski definition) is 2. The molecule has 0 heterocycles. The molecule has 14 heavy (non-hydrogen) atoms. The van der Waals surface area contributed by atoms with Crippen molar-refractivity contribution in [3.63, 3.8) is 0 Å². The molecule has 1 atom stereocenters. The van der Waals surface area contributed by atoms with Gasteiger partial charge in [0.15, 0.2) is 0 Å². The zero-order valence-corrected chi connectivity index (χ0v) is 9.12. The molecule has 0 amide bonds. The topological polar surface area (TPSA) is 32.3 Å². The van der Waals surface area contributed by atoms with Gasteiger partial charge in [-0.25, -0.2) is 0 Å². The van der Waals surface area contributed by atoms with Crippen molar-refractivity contribution in [2.45, 2.75) is 33.4 Å². The van der Waals surface area contributed by atoms with Gasteiger partial charge >= 0.3 is 0 Å². The molecule has 0 unspecified atom stereocenters. The van der Waals surface area contributed by atoms with Crippen molar-refractivity contribution >= 4 is 0 Å². The zero-order valence-electron chi connectivity index (χ0n) is 9.12. The van der Waals surface area contributed by atoms with Crippen LogP contribution in [0.3, 0.4) is 0 Å². The van der Waals surface area contributed by atoms with Crippen molar-refractivity contribution in [2.24, 2.45) is 5.92 Å². The molecule has 0 saturated carbocycles. The first-order chi connectivity index (χ1) is 6.61. The van der Waals surface area contributed by atoms with E-state index in [0.717, 1.165) is 12.1 Å². The number of hydrogen-bond acceptors (Lipinski definition) is 2. The van der Waals surface area contributed by atoms with Gasteiger partial charge in [-0.15, -0.1) is 0 Å². The van der Waals surface area contributed by atoms with Crippen LogP contribution in [0.15, 0.2) is 24.3 Å². The van der Waals surface area contributed by atoms with Crippen molar-refractivity contribution in [2.75, 3.05) is 0 Å². The Labute approximate surface area is 86.0 Å². The van der Waals surface area contributed by atoms with E-state index >= 15 is 0 Å². The molecule has 0 bridgehead atoms. The molecule has 0 aliphatic carbocycles. The van der Waals surface area contributed by atoms with E-state index in [4.69, 9.17) is 0 Å². The van der Waals surface area contributed by atoms with E-state index in [2.05, 4.69) is 26.1 Å². The standard InChI is InChI=1S/C12H19NO/c1-9(2)10(3)13-8-11-6-4-5-7-12(11)14/h4-7,9-10,13-14H,8H2,1-3H3/t10-/m0/s1. The third-order valence-electron chi connectivity index (χ3n) is 2.61. The summed E-state index contributed by atoms with van der Waals surface area (Å²) in [5.74, 6) is 0.983. The summed E-state index contributed by atoms with van der Waals surface area (Å²) >= 11 is 0. The fourth-order valence-corrected chi connectivity index (χ4v) is 1.17. The number of aromatic hydroxyl groups is 1. The van der Waals surface area contributed by atoms with Crippen LogP contribution in [-0.4, -0.2) is 11.1 Å². The lowest BCUT2D eigenvalue weighted by Crippen LogP contribution is -2.30. The maximum absolute atomic E-state index is 9.52. The Kier molecular flexibility index (Phi) is 3.96. The van der Waals surface area contributed by atoms with Crippen LogP contribution in [0.5, 0.6) is 5.75 Å². The van der Waals surface area contributed by atoms with E-state index in [0.29, 0.717) is 17.7 Å². The molecule has 1 rings (SSSR count). The lowest BCUT2D eigenvalue weighted by atomic mass is 10.1. The fourth-order valence-electron chi connectivity index (χ4n) is 1.17. The van der Waals surface area contributed by atoms with Crippen LogP contribution in [0.2, 0.25) is 0 Å². The summed E-state index contributed by atoms with van der Waals surface area (Å²) in [6.07, 6.45) is 0. The van der Waals surface area contributed by atoms with Gasteiger partial charge in [0.05, 0.1) is 0 Å². The Morgan fingerprint density at radius 2 is 1.86 bits per heavy atom. The van der Waals surface area contributed by atoms with Gasteiger partial charge in [0, 0.05) is 18.2 Å². The first-order valence-corrected chi connectivity index (χ1v) is 5.11. The van der Waals surface area contributed by atoms with Gasteiger partial charge in [0.2, 0.25) is 0 Å². The minimum absolute atomic E-state index is 0.371. The first-order valence-electron chi connectivity index (χ1n) is 5.11. The van der Waals surface area contributed by atoms with Gasteiger partial charge < -0.3 is 10.4 Å². The molecule has 0 aromatic heterocycles. The summed E-state index contributed by atoms with van der Waals surface area (Å²) in [6.45, 7) is 7.25. The summed E-state index contributed by atoms with van der Waals surface area (Å²) in [6, 6.07) is 7.91. The molecule has 1 aromatic carbocycles. The highest BCUT2D eigenvalue weighted by molar-refractivity contribution is 5.31. The highest BCUT2D eigenvalue weighted by Crippen LogP contribution is 2.15. The number of rotatable bonds is 4.